The van der Waals surface area contributed by atoms with E-state index in [0.29, 0.717) is 33.1 Å². The fourth-order valence-corrected chi connectivity index (χ4v) is 3.94. The zero-order chi connectivity index (χ0) is 20.4. The summed E-state index contributed by atoms with van der Waals surface area (Å²) in [6, 6.07) is 8.89. The highest BCUT2D eigenvalue weighted by Gasteiger charge is 2.20. The molecule has 1 N–H and O–H groups in total. The smallest absolute Gasteiger partial charge is 0.295 e. The molecule has 10 heteroatoms. The predicted molar refractivity (Wildman–Crippen MR) is 114 cm³/mol. The van der Waals surface area contributed by atoms with E-state index < -0.39 is 5.91 Å². The van der Waals surface area contributed by atoms with Crippen LogP contribution in [0.15, 0.2) is 48.1 Å². The molecule has 146 valence electrons. The van der Waals surface area contributed by atoms with Crippen LogP contribution in [0.1, 0.15) is 23.4 Å². The van der Waals surface area contributed by atoms with Gasteiger partial charge in [-0.1, -0.05) is 36.2 Å². The van der Waals surface area contributed by atoms with Crippen LogP contribution < -0.4 is 5.32 Å². The molecule has 0 unspecified atom stereocenters. The summed E-state index contributed by atoms with van der Waals surface area (Å²) in [5.74, 6) is 0.116. The van der Waals surface area contributed by atoms with E-state index in [1.807, 2.05) is 24.4 Å². The number of nitrogens with zero attached hydrogens (tertiary/aromatic N) is 5. The van der Waals surface area contributed by atoms with Gasteiger partial charge < -0.3 is 0 Å². The lowest BCUT2D eigenvalue weighted by Crippen LogP contribution is -2.14. The standard InChI is InChI=1S/C19H14Cl2N6OS/c1-2-15-24-17(26-27(15)16-12(20)6-3-7-13(16)21)18(28)25-19-23-14(10-29-19)11-5-4-8-22-9-11/h3-10H,2H2,1H3,(H,23,25,28). The number of amides is 1. The first-order chi connectivity index (χ1) is 14.1. The zero-order valence-corrected chi connectivity index (χ0v) is 17.5. The fraction of sp³-hybridized carbons (Fsp3) is 0.105. The molecule has 1 aromatic carbocycles. The van der Waals surface area contributed by atoms with Crippen LogP contribution in [-0.4, -0.2) is 30.6 Å². The van der Waals surface area contributed by atoms with Gasteiger partial charge >= 0.3 is 0 Å². The summed E-state index contributed by atoms with van der Waals surface area (Å²) >= 11 is 13.9. The van der Waals surface area contributed by atoms with Crippen molar-refractivity contribution in [2.45, 2.75) is 13.3 Å². The van der Waals surface area contributed by atoms with Gasteiger partial charge in [-0.15, -0.1) is 16.4 Å². The third kappa shape index (κ3) is 4.00. The van der Waals surface area contributed by atoms with E-state index in [-0.39, 0.29) is 5.82 Å². The van der Waals surface area contributed by atoms with Crippen molar-refractivity contribution >= 4 is 45.6 Å². The van der Waals surface area contributed by atoms with Gasteiger partial charge in [0.1, 0.15) is 11.5 Å². The number of aryl methyl sites for hydroxylation is 1. The molecular formula is C19H14Cl2N6OS. The highest BCUT2D eigenvalue weighted by molar-refractivity contribution is 7.14. The van der Waals surface area contributed by atoms with E-state index >= 15 is 0 Å². The van der Waals surface area contributed by atoms with Gasteiger partial charge in [-0.05, 0) is 24.3 Å². The molecule has 0 fully saturated rings. The number of hydrogen-bond acceptors (Lipinski definition) is 6. The number of pyridine rings is 1. The van der Waals surface area contributed by atoms with Crippen LogP contribution in [0, 0.1) is 0 Å². The van der Waals surface area contributed by atoms with Crippen LogP contribution in [-0.2, 0) is 6.42 Å². The molecule has 0 saturated heterocycles. The van der Waals surface area contributed by atoms with Crippen LogP contribution >= 0.6 is 34.5 Å². The number of carbonyl (C=O) groups is 1. The maximum Gasteiger partial charge on any atom is 0.297 e. The van der Waals surface area contributed by atoms with Crippen molar-refractivity contribution in [3.8, 4) is 16.9 Å². The molecule has 29 heavy (non-hydrogen) atoms. The number of carbonyl (C=O) groups excluding carboxylic acids is 1. The second-order valence-electron chi connectivity index (χ2n) is 5.92. The van der Waals surface area contributed by atoms with Crippen molar-refractivity contribution in [3.63, 3.8) is 0 Å². The van der Waals surface area contributed by atoms with E-state index in [2.05, 4.69) is 25.4 Å². The summed E-state index contributed by atoms with van der Waals surface area (Å²) in [4.78, 5) is 25.5. The molecule has 7 nitrogen and oxygen atoms in total. The summed E-state index contributed by atoms with van der Waals surface area (Å²) in [5.41, 5.74) is 2.09. The van der Waals surface area contributed by atoms with Gasteiger partial charge in [-0.3, -0.25) is 15.1 Å². The molecule has 0 aliphatic carbocycles. The summed E-state index contributed by atoms with van der Waals surface area (Å²) in [6.45, 7) is 1.91. The molecular weight excluding hydrogens is 431 g/mol. The lowest BCUT2D eigenvalue weighted by atomic mass is 10.2. The summed E-state index contributed by atoms with van der Waals surface area (Å²) in [6.07, 6.45) is 3.95. The van der Waals surface area contributed by atoms with E-state index in [1.165, 1.54) is 16.0 Å². The Labute approximate surface area is 180 Å². The van der Waals surface area contributed by atoms with Crippen molar-refractivity contribution in [3.05, 3.63) is 69.8 Å². The topological polar surface area (TPSA) is 85.6 Å². The van der Waals surface area contributed by atoms with Gasteiger partial charge in [0.2, 0.25) is 5.82 Å². The second-order valence-corrected chi connectivity index (χ2v) is 7.59. The van der Waals surface area contributed by atoms with Gasteiger partial charge in [0.05, 0.1) is 15.7 Å². The Kier molecular flexibility index (Phi) is 5.57. The molecule has 0 radical (unpaired) electrons. The van der Waals surface area contributed by atoms with Gasteiger partial charge in [-0.2, -0.15) is 0 Å². The quantitative estimate of drug-likeness (QED) is 0.472. The second kappa shape index (κ2) is 8.28. The van der Waals surface area contributed by atoms with Gasteiger partial charge in [0, 0.05) is 29.8 Å². The van der Waals surface area contributed by atoms with Crippen molar-refractivity contribution in [2.75, 3.05) is 5.32 Å². The Morgan fingerprint density at radius 2 is 1.97 bits per heavy atom. The van der Waals surface area contributed by atoms with E-state index in [0.717, 1.165) is 11.3 Å². The molecule has 4 rings (SSSR count). The lowest BCUT2D eigenvalue weighted by molar-refractivity contribution is 0.101. The minimum Gasteiger partial charge on any atom is -0.295 e. The largest absolute Gasteiger partial charge is 0.297 e. The number of hydrogen-bond donors (Lipinski definition) is 1. The predicted octanol–water partition coefficient (Wildman–Crippen LogP) is 4.91. The lowest BCUT2D eigenvalue weighted by Gasteiger charge is -2.08. The number of halogens is 2. The third-order valence-corrected chi connectivity index (χ3v) is 5.39. The van der Waals surface area contributed by atoms with Crippen molar-refractivity contribution in [2.24, 2.45) is 0 Å². The maximum absolute atomic E-state index is 12.7. The average molecular weight is 445 g/mol. The van der Waals surface area contributed by atoms with E-state index in [9.17, 15) is 4.79 Å². The molecule has 0 atom stereocenters. The van der Waals surface area contributed by atoms with Crippen molar-refractivity contribution in [1.82, 2.24) is 24.7 Å². The summed E-state index contributed by atoms with van der Waals surface area (Å²) in [7, 11) is 0. The number of nitrogens with one attached hydrogen (secondary N) is 1. The van der Waals surface area contributed by atoms with Crippen LogP contribution in [0.3, 0.4) is 0 Å². The number of para-hydroxylation sites is 1. The molecule has 0 aliphatic rings. The van der Waals surface area contributed by atoms with E-state index in [4.69, 9.17) is 23.2 Å². The minimum atomic E-state index is -0.464. The molecule has 0 saturated carbocycles. The Hall–Kier alpha value is -2.81. The number of thiazole rings is 1. The van der Waals surface area contributed by atoms with Crippen molar-refractivity contribution in [1.29, 1.82) is 0 Å². The Balaban J connectivity index is 1.60. The fourth-order valence-electron chi connectivity index (χ4n) is 2.67. The third-order valence-electron chi connectivity index (χ3n) is 4.02. The van der Waals surface area contributed by atoms with Crippen LogP contribution in [0.25, 0.3) is 16.9 Å². The average Bonchev–Trinajstić information content (AvgIpc) is 3.36. The molecule has 3 heterocycles. The maximum atomic E-state index is 12.7. The summed E-state index contributed by atoms with van der Waals surface area (Å²) in [5, 5.41) is 10.2. The zero-order valence-electron chi connectivity index (χ0n) is 15.1. The van der Waals surface area contributed by atoms with E-state index in [1.54, 1.807) is 30.6 Å². The first-order valence-corrected chi connectivity index (χ1v) is 10.3. The van der Waals surface area contributed by atoms with Gasteiger partial charge in [0.15, 0.2) is 5.13 Å². The molecule has 3 aromatic heterocycles. The van der Waals surface area contributed by atoms with Crippen LogP contribution in [0.5, 0.6) is 0 Å². The Morgan fingerprint density at radius 1 is 1.17 bits per heavy atom. The highest BCUT2D eigenvalue weighted by atomic mass is 35.5. The minimum absolute atomic E-state index is 0.0102. The Morgan fingerprint density at radius 3 is 2.66 bits per heavy atom. The van der Waals surface area contributed by atoms with Crippen LogP contribution in [0.4, 0.5) is 5.13 Å². The number of aromatic nitrogens is 5. The number of rotatable bonds is 5. The first-order valence-electron chi connectivity index (χ1n) is 8.64. The normalized spacial score (nSPS) is 10.9. The van der Waals surface area contributed by atoms with Gasteiger partial charge in [0.25, 0.3) is 5.91 Å². The highest BCUT2D eigenvalue weighted by Crippen LogP contribution is 2.29. The first kappa shape index (κ1) is 19.5. The monoisotopic (exact) mass is 444 g/mol. The molecule has 1 amide bonds. The van der Waals surface area contributed by atoms with Crippen LogP contribution in [0.2, 0.25) is 10.0 Å². The summed E-state index contributed by atoms with van der Waals surface area (Å²) < 4.78 is 1.50. The Bertz CT molecular complexity index is 1150. The molecule has 0 aliphatic heterocycles. The molecule has 4 aromatic rings. The number of benzene rings is 1. The SMILES string of the molecule is CCc1nc(C(=O)Nc2nc(-c3cccnc3)cs2)nn1-c1c(Cl)cccc1Cl. The van der Waals surface area contributed by atoms with Gasteiger partial charge in [-0.25, -0.2) is 14.6 Å². The molecule has 0 spiro atoms. The molecule has 0 bridgehead atoms. The number of anilines is 1. The van der Waals surface area contributed by atoms with Crippen molar-refractivity contribution < 1.29 is 4.79 Å².